The van der Waals surface area contributed by atoms with Gasteiger partial charge in [-0.1, -0.05) is 13.8 Å². The molecule has 0 heterocycles. The minimum atomic E-state index is -3.10. The van der Waals surface area contributed by atoms with Gasteiger partial charge in [0.15, 0.2) is 9.84 Å². The van der Waals surface area contributed by atoms with Crippen LogP contribution in [0.2, 0.25) is 0 Å². The molecule has 1 N–H and O–H groups in total. The Labute approximate surface area is 127 Å². The number of nitrogens with one attached hydrogen (secondary N) is 1. The Morgan fingerprint density at radius 2 is 1.90 bits per heavy atom. The number of hydrogen-bond acceptors (Lipinski definition) is 5. The lowest BCUT2D eigenvalue weighted by atomic mass is 10.1. The summed E-state index contributed by atoms with van der Waals surface area (Å²) in [5.74, 6) is 1.59. The quantitative estimate of drug-likeness (QED) is 0.756. The maximum atomic E-state index is 12.1. The molecule has 21 heavy (non-hydrogen) atoms. The molecule has 6 heteroatoms. The molecule has 0 saturated carbocycles. The number of hydrogen-bond donors (Lipinski definition) is 1. The van der Waals surface area contributed by atoms with Gasteiger partial charge in [0.25, 0.3) is 0 Å². The van der Waals surface area contributed by atoms with Gasteiger partial charge in [0.05, 0.1) is 20.0 Å². The van der Waals surface area contributed by atoms with Gasteiger partial charge >= 0.3 is 0 Å². The molecule has 0 radical (unpaired) electrons. The first-order chi connectivity index (χ1) is 9.97. The summed E-state index contributed by atoms with van der Waals surface area (Å²) in [6, 6.07) is 5.11. The van der Waals surface area contributed by atoms with Crippen LogP contribution in [0.3, 0.4) is 0 Å². The van der Waals surface area contributed by atoms with Crippen LogP contribution in [-0.2, 0) is 9.84 Å². The van der Waals surface area contributed by atoms with Crippen LogP contribution < -0.4 is 14.8 Å². The zero-order valence-corrected chi connectivity index (χ0v) is 14.0. The van der Waals surface area contributed by atoms with Gasteiger partial charge in [-0.25, -0.2) is 8.42 Å². The molecule has 0 aromatic heterocycles. The van der Waals surface area contributed by atoms with Crippen LogP contribution in [-0.4, -0.2) is 40.7 Å². The Morgan fingerprint density at radius 1 is 1.19 bits per heavy atom. The van der Waals surface area contributed by atoms with Crippen molar-refractivity contribution in [2.45, 2.75) is 26.3 Å². The molecule has 1 atom stereocenters. The predicted molar refractivity (Wildman–Crippen MR) is 84.9 cm³/mol. The van der Waals surface area contributed by atoms with Gasteiger partial charge < -0.3 is 14.8 Å². The summed E-state index contributed by atoms with van der Waals surface area (Å²) in [6.07, 6.45) is 0.621. The normalized spacial score (nSPS) is 13.0. The first-order valence-corrected chi connectivity index (χ1v) is 8.95. The fourth-order valence-electron chi connectivity index (χ4n) is 2.27. The zero-order chi connectivity index (χ0) is 15.9. The first-order valence-electron chi connectivity index (χ1n) is 7.13. The number of rotatable bonds is 9. The van der Waals surface area contributed by atoms with Crippen LogP contribution in [0.5, 0.6) is 11.5 Å². The minimum absolute atomic E-state index is 0.0538. The Hall–Kier alpha value is -1.27. The highest BCUT2D eigenvalue weighted by Crippen LogP contribution is 2.30. The van der Waals surface area contributed by atoms with E-state index < -0.39 is 9.84 Å². The standard InChI is InChI=1S/C15H25NO4S/c1-5-9-21(17,18)11-14(16-6-2)13-10-12(19-3)7-8-15(13)20-4/h7-8,10,14,16H,5-6,9,11H2,1-4H3. The Bertz CT molecular complexity index is 543. The molecule has 0 aliphatic carbocycles. The molecule has 5 nitrogen and oxygen atoms in total. The van der Waals surface area contributed by atoms with Gasteiger partial charge in [-0.2, -0.15) is 0 Å². The highest BCUT2D eigenvalue weighted by atomic mass is 32.2. The van der Waals surface area contributed by atoms with Gasteiger partial charge in [-0.3, -0.25) is 0 Å². The van der Waals surface area contributed by atoms with Gasteiger partial charge in [0.2, 0.25) is 0 Å². The summed E-state index contributed by atoms with van der Waals surface area (Å²) in [6.45, 7) is 4.49. The molecule has 0 fully saturated rings. The molecular weight excluding hydrogens is 290 g/mol. The molecule has 0 amide bonds. The SMILES string of the molecule is CCCS(=O)(=O)CC(NCC)c1cc(OC)ccc1OC. The van der Waals surface area contributed by atoms with Crippen LogP contribution in [0.25, 0.3) is 0 Å². The Morgan fingerprint density at radius 3 is 2.43 bits per heavy atom. The van der Waals surface area contributed by atoms with Crippen LogP contribution in [0.4, 0.5) is 0 Å². The lowest BCUT2D eigenvalue weighted by Gasteiger charge is -2.21. The number of sulfone groups is 1. The van der Waals surface area contributed by atoms with Gasteiger partial charge in [0.1, 0.15) is 11.5 Å². The molecule has 0 aliphatic heterocycles. The third-order valence-corrected chi connectivity index (χ3v) is 5.07. The third kappa shape index (κ3) is 5.21. The molecule has 0 saturated heterocycles. The van der Waals surface area contributed by atoms with E-state index in [0.29, 0.717) is 24.5 Å². The molecule has 0 bridgehead atoms. The van der Waals surface area contributed by atoms with E-state index in [1.807, 2.05) is 19.9 Å². The van der Waals surface area contributed by atoms with E-state index in [0.717, 1.165) is 5.56 Å². The topological polar surface area (TPSA) is 64.6 Å². The second kappa shape index (κ2) is 8.24. The lowest BCUT2D eigenvalue weighted by Crippen LogP contribution is -2.29. The van der Waals surface area contributed by atoms with Crippen molar-refractivity contribution in [2.75, 3.05) is 32.3 Å². The van der Waals surface area contributed by atoms with Crippen molar-refractivity contribution in [2.24, 2.45) is 0 Å². The van der Waals surface area contributed by atoms with E-state index in [1.54, 1.807) is 26.4 Å². The molecular formula is C15H25NO4S. The lowest BCUT2D eigenvalue weighted by molar-refractivity contribution is 0.392. The fourth-order valence-corrected chi connectivity index (χ4v) is 3.86. The van der Waals surface area contributed by atoms with Gasteiger partial charge in [0, 0.05) is 17.4 Å². The smallest absolute Gasteiger partial charge is 0.152 e. The van der Waals surface area contributed by atoms with Crippen LogP contribution >= 0.6 is 0 Å². The molecule has 1 aromatic rings. The van der Waals surface area contributed by atoms with Crippen molar-refractivity contribution in [3.8, 4) is 11.5 Å². The fraction of sp³-hybridized carbons (Fsp3) is 0.600. The molecule has 120 valence electrons. The summed E-state index contributed by atoms with van der Waals surface area (Å²) in [7, 11) is 0.0586. The van der Waals surface area contributed by atoms with Crippen LogP contribution in [0.1, 0.15) is 31.9 Å². The van der Waals surface area contributed by atoms with Gasteiger partial charge in [-0.15, -0.1) is 0 Å². The highest BCUT2D eigenvalue weighted by Gasteiger charge is 2.23. The van der Waals surface area contributed by atoms with Crippen molar-refractivity contribution in [3.63, 3.8) is 0 Å². The largest absolute Gasteiger partial charge is 0.497 e. The van der Waals surface area contributed by atoms with E-state index in [9.17, 15) is 8.42 Å². The molecule has 1 unspecified atom stereocenters. The van der Waals surface area contributed by atoms with Crippen molar-refractivity contribution >= 4 is 9.84 Å². The Balaban J connectivity index is 3.15. The Kier molecular flexibility index (Phi) is 6.98. The van der Waals surface area contributed by atoms with E-state index in [2.05, 4.69) is 5.32 Å². The number of benzene rings is 1. The highest BCUT2D eigenvalue weighted by molar-refractivity contribution is 7.91. The van der Waals surface area contributed by atoms with Crippen molar-refractivity contribution < 1.29 is 17.9 Å². The van der Waals surface area contributed by atoms with Gasteiger partial charge in [-0.05, 0) is 31.2 Å². The summed E-state index contributed by atoms with van der Waals surface area (Å²) in [4.78, 5) is 0. The van der Waals surface area contributed by atoms with E-state index in [-0.39, 0.29) is 17.5 Å². The predicted octanol–water partition coefficient (Wildman–Crippen LogP) is 2.18. The van der Waals surface area contributed by atoms with Crippen molar-refractivity contribution in [3.05, 3.63) is 23.8 Å². The molecule has 1 rings (SSSR count). The summed E-state index contributed by atoms with van der Waals surface area (Å²) in [5, 5.41) is 3.22. The minimum Gasteiger partial charge on any atom is -0.497 e. The van der Waals surface area contributed by atoms with Crippen LogP contribution in [0.15, 0.2) is 18.2 Å². The van der Waals surface area contributed by atoms with Crippen molar-refractivity contribution in [1.82, 2.24) is 5.32 Å². The first kappa shape index (κ1) is 17.8. The summed E-state index contributed by atoms with van der Waals surface area (Å²) < 4.78 is 34.8. The second-order valence-corrected chi connectivity index (χ2v) is 7.06. The van der Waals surface area contributed by atoms with E-state index in [4.69, 9.17) is 9.47 Å². The summed E-state index contributed by atoms with van der Waals surface area (Å²) >= 11 is 0. The second-order valence-electron chi connectivity index (χ2n) is 4.83. The number of ether oxygens (including phenoxy) is 2. The van der Waals surface area contributed by atoms with E-state index in [1.165, 1.54) is 0 Å². The maximum Gasteiger partial charge on any atom is 0.152 e. The van der Waals surface area contributed by atoms with E-state index >= 15 is 0 Å². The van der Waals surface area contributed by atoms with Crippen molar-refractivity contribution in [1.29, 1.82) is 0 Å². The maximum absolute atomic E-state index is 12.1. The average molecular weight is 315 g/mol. The molecule has 1 aromatic carbocycles. The zero-order valence-electron chi connectivity index (χ0n) is 13.2. The third-order valence-electron chi connectivity index (χ3n) is 3.20. The monoisotopic (exact) mass is 315 g/mol. The molecule has 0 spiro atoms. The number of methoxy groups -OCH3 is 2. The van der Waals surface area contributed by atoms with Crippen LogP contribution in [0, 0.1) is 0 Å². The average Bonchev–Trinajstić information content (AvgIpc) is 2.45. The summed E-state index contributed by atoms with van der Waals surface area (Å²) in [5.41, 5.74) is 0.804. The molecule has 0 aliphatic rings.